The summed E-state index contributed by atoms with van der Waals surface area (Å²) < 4.78 is 14.5. The van der Waals surface area contributed by atoms with Gasteiger partial charge in [-0.15, -0.1) is 0 Å². The molecule has 0 fully saturated rings. The van der Waals surface area contributed by atoms with Crippen molar-refractivity contribution in [1.82, 2.24) is 14.6 Å². The lowest BCUT2D eigenvalue weighted by atomic mass is 10.2. The molecule has 25 heavy (non-hydrogen) atoms. The third kappa shape index (κ3) is 2.85. The van der Waals surface area contributed by atoms with Gasteiger partial charge in [-0.1, -0.05) is 53.8 Å². The minimum Gasteiger partial charge on any atom is -0.266 e. The van der Waals surface area contributed by atoms with Crippen LogP contribution in [0.4, 0.5) is 4.39 Å². The van der Waals surface area contributed by atoms with Crippen LogP contribution in [-0.2, 0) is 0 Å². The number of hydrogen-bond donors (Lipinski definition) is 0. The Morgan fingerprint density at radius 1 is 1.00 bits per heavy atom. The predicted molar refractivity (Wildman–Crippen MR) is 94.0 cm³/mol. The van der Waals surface area contributed by atoms with Crippen LogP contribution in [0, 0.1) is 5.82 Å². The zero-order valence-electron chi connectivity index (χ0n) is 12.7. The van der Waals surface area contributed by atoms with E-state index < -0.39 is 5.56 Å². The van der Waals surface area contributed by atoms with Crippen LogP contribution < -0.4 is 15.7 Å². The summed E-state index contributed by atoms with van der Waals surface area (Å²) in [6, 6.07) is 14.6. The van der Waals surface area contributed by atoms with Gasteiger partial charge in [0.25, 0.3) is 5.56 Å². The monoisotopic (exact) mass is 351 g/mol. The molecule has 5 nitrogen and oxygen atoms in total. The highest BCUT2D eigenvalue weighted by Gasteiger charge is 2.12. The third-order valence-corrected chi connectivity index (χ3v) is 4.56. The lowest BCUT2D eigenvalue weighted by molar-refractivity contribution is 0.628. The smallest absolute Gasteiger partial charge is 0.266 e. The van der Waals surface area contributed by atoms with E-state index in [0.29, 0.717) is 15.7 Å². The Labute approximate surface area is 144 Å². The average Bonchev–Trinajstić information content (AvgIpc) is 2.92. The number of rotatable bonds is 2. The molecule has 2 aromatic carbocycles. The maximum absolute atomic E-state index is 13.0. The minimum atomic E-state index is -0.485. The summed E-state index contributed by atoms with van der Waals surface area (Å²) in [6.45, 7) is 0. The lowest BCUT2D eigenvalue weighted by Gasteiger charge is -1.98. The Morgan fingerprint density at radius 2 is 1.72 bits per heavy atom. The first-order valence-electron chi connectivity index (χ1n) is 7.38. The molecule has 122 valence electrons. The van der Waals surface area contributed by atoms with E-state index in [4.69, 9.17) is 0 Å². The van der Waals surface area contributed by atoms with E-state index in [1.165, 1.54) is 12.1 Å². The zero-order valence-corrected chi connectivity index (χ0v) is 13.5. The summed E-state index contributed by atoms with van der Waals surface area (Å²) in [7, 11) is 0. The second kappa shape index (κ2) is 6.03. The van der Waals surface area contributed by atoms with Crippen molar-refractivity contribution in [1.29, 1.82) is 0 Å². The molecule has 0 bridgehead atoms. The summed E-state index contributed by atoms with van der Waals surface area (Å²) in [6.07, 6.45) is 1.62. The van der Waals surface area contributed by atoms with Gasteiger partial charge in [0.15, 0.2) is 5.69 Å². The number of fused-ring (bicyclic) bond motifs is 1. The molecule has 0 saturated heterocycles. The molecule has 2 heterocycles. The second-order valence-corrected chi connectivity index (χ2v) is 6.30. The standard InChI is InChI=1S/C18H10FN3O2S/c19-13-8-6-11(7-9-13)10-14-17(24)22-18(25-14)20-16(23)15(21-22)12-4-2-1-3-5-12/h1-10H. The number of benzene rings is 2. The minimum absolute atomic E-state index is 0.126. The van der Waals surface area contributed by atoms with Gasteiger partial charge < -0.3 is 0 Å². The van der Waals surface area contributed by atoms with E-state index in [9.17, 15) is 14.0 Å². The second-order valence-electron chi connectivity index (χ2n) is 5.29. The molecular weight excluding hydrogens is 341 g/mol. The molecule has 4 aromatic rings. The SMILES string of the molecule is O=c1nc2sc(=Cc3ccc(F)cc3)c(=O)n2nc1-c1ccccc1. The number of nitrogens with zero attached hydrogens (tertiary/aromatic N) is 3. The van der Waals surface area contributed by atoms with Crippen molar-refractivity contribution in [3.63, 3.8) is 0 Å². The quantitative estimate of drug-likeness (QED) is 0.553. The van der Waals surface area contributed by atoms with Crippen LogP contribution in [0.15, 0.2) is 64.2 Å². The summed E-state index contributed by atoms with van der Waals surface area (Å²) in [4.78, 5) is 29.0. The Bertz CT molecular complexity index is 1230. The summed E-state index contributed by atoms with van der Waals surface area (Å²) in [5.41, 5.74) is 0.552. The van der Waals surface area contributed by atoms with Crippen molar-refractivity contribution in [3.05, 3.63) is 91.2 Å². The topological polar surface area (TPSA) is 64.3 Å². The van der Waals surface area contributed by atoms with Crippen molar-refractivity contribution >= 4 is 22.4 Å². The van der Waals surface area contributed by atoms with E-state index in [1.807, 2.05) is 6.07 Å². The van der Waals surface area contributed by atoms with Gasteiger partial charge in [-0.2, -0.15) is 14.6 Å². The predicted octanol–water partition coefficient (Wildman–Crippen LogP) is 1.86. The fourth-order valence-electron chi connectivity index (χ4n) is 2.40. The van der Waals surface area contributed by atoms with Crippen LogP contribution in [-0.4, -0.2) is 14.6 Å². The first-order chi connectivity index (χ1) is 12.1. The van der Waals surface area contributed by atoms with Gasteiger partial charge in [-0.05, 0) is 23.8 Å². The van der Waals surface area contributed by atoms with Crippen LogP contribution >= 0.6 is 11.3 Å². The van der Waals surface area contributed by atoms with Gasteiger partial charge >= 0.3 is 5.56 Å². The number of thiazole rings is 1. The van der Waals surface area contributed by atoms with Crippen molar-refractivity contribution < 1.29 is 4.39 Å². The largest absolute Gasteiger partial charge is 0.300 e. The van der Waals surface area contributed by atoms with Crippen LogP contribution in [0.2, 0.25) is 0 Å². The van der Waals surface area contributed by atoms with Crippen LogP contribution in [0.5, 0.6) is 0 Å². The molecule has 0 aliphatic heterocycles. The molecule has 0 radical (unpaired) electrons. The summed E-state index contributed by atoms with van der Waals surface area (Å²) in [5.74, 6) is -0.350. The average molecular weight is 351 g/mol. The van der Waals surface area contributed by atoms with Crippen molar-refractivity contribution in [2.45, 2.75) is 0 Å². The van der Waals surface area contributed by atoms with Gasteiger partial charge in [-0.3, -0.25) is 9.59 Å². The highest BCUT2D eigenvalue weighted by atomic mass is 32.1. The van der Waals surface area contributed by atoms with Gasteiger partial charge in [0.2, 0.25) is 4.96 Å². The van der Waals surface area contributed by atoms with E-state index in [0.717, 1.165) is 15.9 Å². The Morgan fingerprint density at radius 3 is 2.44 bits per heavy atom. The van der Waals surface area contributed by atoms with Gasteiger partial charge in [-0.25, -0.2) is 4.39 Å². The first-order valence-corrected chi connectivity index (χ1v) is 8.20. The summed E-state index contributed by atoms with van der Waals surface area (Å²) in [5, 5.41) is 4.18. The first kappa shape index (κ1) is 15.3. The molecule has 0 amide bonds. The van der Waals surface area contributed by atoms with Gasteiger partial charge in [0.1, 0.15) is 5.82 Å². The Hall–Kier alpha value is -3.19. The Kier molecular flexibility index (Phi) is 3.70. The molecule has 7 heteroatoms. The fraction of sp³-hybridized carbons (Fsp3) is 0. The molecule has 4 rings (SSSR count). The molecule has 2 aromatic heterocycles. The number of aromatic nitrogens is 3. The van der Waals surface area contributed by atoms with E-state index >= 15 is 0 Å². The van der Waals surface area contributed by atoms with Crippen molar-refractivity contribution in [2.24, 2.45) is 0 Å². The molecule has 0 aliphatic carbocycles. The molecule has 0 N–H and O–H groups in total. The normalized spacial score (nSPS) is 12.0. The van der Waals surface area contributed by atoms with Crippen LogP contribution in [0.1, 0.15) is 5.56 Å². The van der Waals surface area contributed by atoms with Gasteiger partial charge in [0.05, 0.1) is 4.53 Å². The molecule has 0 atom stereocenters. The maximum Gasteiger partial charge on any atom is 0.300 e. The molecule has 0 aliphatic rings. The van der Waals surface area contributed by atoms with Crippen LogP contribution in [0.25, 0.3) is 22.3 Å². The molecular formula is C18H10FN3O2S. The van der Waals surface area contributed by atoms with Crippen molar-refractivity contribution in [2.75, 3.05) is 0 Å². The van der Waals surface area contributed by atoms with E-state index in [1.54, 1.807) is 42.5 Å². The van der Waals surface area contributed by atoms with Gasteiger partial charge in [0, 0.05) is 5.56 Å². The van der Waals surface area contributed by atoms with E-state index in [-0.39, 0.29) is 22.0 Å². The zero-order chi connectivity index (χ0) is 17.4. The van der Waals surface area contributed by atoms with E-state index in [2.05, 4.69) is 10.1 Å². The molecule has 0 saturated carbocycles. The number of halogens is 1. The number of hydrogen-bond acceptors (Lipinski definition) is 5. The highest BCUT2D eigenvalue weighted by molar-refractivity contribution is 7.15. The lowest BCUT2D eigenvalue weighted by Crippen LogP contribution is -2.26. The maximum atomic E-state index is 13.0. The molecule has 0 unspecified atom stereocenters. The Balaban J connectivity index is 1.93. The van der Waals surface area contributed by atoms with Crippen LogP contribution in [0.3, 0.4) is 0 Å². The molecule has 0 spiro atoms. The van der Waals surface area contributed by atoms with Crippen molar-refractivity contribution in [3.8, 4) is 11.3 Å². The summed E-state index contributed by atoms with van der Waals surface area (Å²) >= 11 is 1.07. The third-order valence-electron chi connectivity index (χ3n) is 3.60. The fourth-order valence-corrected chi connectivity index (χ4v) is 3.30. The highest BCUT2D eigenvalue weighted by Crippen LogP contribution is 2.11.